The van der Waals surface area contributed by atoms with Crippen molar-refractivity contribution in [2.45, 2.75) is 38.6 Å². The van der Waals surface area contributed by atoms with Gasteiger partial charge in [0.15, 0.2) is 6.29 Å². The number of aldehydes is 1. The molecule has 13 nitrogen and oxygen atoms in total. The van der Waals surface area contributed by atoms with Crippen LogP contribution in [0.25, 0.3) is 44.1 Å². The lowest BCUT2D eigenvalue weighted by Gasteiger charge is -2.21. The fraction of sp³-hybridized carbons (Fsp3) is 0.209. The minimum Gasteiger partial charge on any atom is -0.360 e. The molecular weight excluding hydrogens is 709 g/mol. The van der Waals surface area contributed by atoms with E-state index in [0.717, 1.165) is 50.2 Å². The smallest absolute Gasteiger partial charge is 0.270 e. The molecule has 4 amide bonds. The predicted molar refractivity (Wildman–Crippen MR) is 214 cm³/mol. The number of nitrogens with zero attached hydrogens (tertiary/aromatic N) is 3. The largest absolute Gasteiger partial charge is 0.360 e. The maximum Gasteiger partial charge on any atom is 0.270 e. The van der Waals surface area contributed by atoms with Crippen LogP contribution in [0.5, 0.6) is 0 Å². The standard InChI is InChI=1S/C41H33N7O5.C2H7N/c1-23(2)30-16-26(17-31-27(22-49)20-45-38(30)31)29-9-3-6-24-18-36(44-21-32(24)29)25-11-12-33(43-19-25)39(51)42-15-5-8-28-7-4-10-34(46-28)40(52)47-35-13-14-37(50)48-41(35)53;1-3-2/h3-4,6-7,9-12,16-23,35,45H,13-15H2,1-2H3,(H,42,51)(H,47,52)(H,48,50,53);3H,1-2H3. The number of hydrogen-bond acceptors (Lipinski definition) is 9. The van der Waals surface area contributed by atoms with E-state index in [0.29, 0.717) is 17.0 Å². The quantitative estimate of drug-likeness (QED) is 0.0818. The molecule has 56 heavy (non-hydrogen) atoms. The van der Waals surface area contributed by atoms with Crippen LogP contribution in [0.3, 0.4) is 0 Å². The Kier molecular flexibility index (Phi) is 12.0. The Morgan fingerprint density at radius 3 is 2.46 bits per heavy atom. The molecule has 5 heterocycles. The summed E-state index contributed by atoms with van der Waals surface area (Å²) in [4.78, 5) is 77.1. The number of H-pyrrole nitrogens is 1. The topological polar surface area (TPSA) is 188 Å². The Bertz CT molecular complexity index is 2530. The SMILES string of the molecule is CC(C)c1cc(-c2cccc3cc(-c4ccc(C(=O)NCC#Cc5cccc(C(=O)NC6CCC(=O)NC6=O)n5)nc4)ncc23)cc2c(C=O)c[nH]c12.CNC. The van der Waals surface area contributed by atoms with Crippen molar-refractivity contribution in [1.82, 2.24) is 41.2 Å². The van der Waals surface area contributed by atoms with Gasteiger partial charge in [0.2, 0.25) is 11.8 Å². The molecule has 1 fully saturated rings. The summed E-state index contributed by atoms with van der Waals surface area (Å²) in [6, 6.07) is 19.6. The van der Waals surface area contributed by atoms with Crippen LogP contribution in [-0.4, -0.2) is 76.5 Å². The second-order valence-corrected chi connectivity index (χ2v) is 13.4. The van der Waals surface area contributed by atoms with E-state index in [1.165, 1.54) is 6.07 Å². The molecule has 7 rings (SSSR count). The molecule has 1 saturated heterocycles. The highest BCUT2D eigenvalue weighted by Crippen LogP contribution is 2.36. The number of piperidine rings is 1. The van der Waals surface area contributed by atoms with Crippen LogP contribution in [0.1, 0.15) is 75.2 Å². The molecule has 2 aromatic carbocycles. The summed E-state index contributed by atoms with van der Waals surface area (Å²) in [5, 5.41) is 13.1. The van der Waals surface area contributed by atoms with Crippen LogP contribution in [-0.2, 0) is 9.59 Å². The number of pyridine rings is 3. The number of carbonyl (C=O) groups is 5. The molecule has 0 spiro atoms. The van der Waals surface area contributed by atoms with Gasteiger partial charge in [-0.15, -0.1) is 0 Å². The molecule has 1 aliphatic rings. The van der Waals surface area contributed by atoms with Gasteiger partial charge < -0.3 is 20.9 Å². The van der Waals surface area contributed by atoms with Crippen LogP contribution >= 0.6 is 0 Å². The third-order valence-electron chi connectivity index (χ3n) is 9.05. The van der Waals surface area contributed by atoms with Gasteiger partial charge in [0.25, 0.3) is 11.8 Å². The third kappa shape index (κ3) is 8.67. The van der Waals surface area contributed by atoms with Crippen molar-refractivity contribution >= 4 is 51.6 Å². The molecular formula is C43H40N8O5. The molecule has 0 saturated carbocycles. The maximum atomic E-state index is 12.8. The molecule has 282 valence electrons. The third-order valence-corrected chi connectivity index (χ3v) is 9.05. The summed E-state index contributed by atoms with van der Waals surface area (Å²) in [6.45, 7) is 4.28. The number of rotatable bonds is 8. The van der Waals surface area contributed by atoms with Gasteiger partial charge in [-0.05, 0) is 96.9 Å². The Balaban J connectivity index is 0.00000172. The minimum absolute atomic E-state index is 0.0113. The van der Waals surface area contributed by atoms with Gasteiger partial charge >= 0.3 is 0 Å². The summed E-state index contributed by atoms with van der Waals surface area (Å²) in [5.41, 5.74) is 6.77. The second-order valence-electron chi connectivity index (χ2n) is 13.4. The molecule has 1 aliphatic heterocycles. The molecule has 1 atom stereocenters. The highest BCUT2D eigenvalue weighted by atomic mass is 16.2. The van der Waals surface area contributed by atoms with Crippen molar-refractivity contribution in [3.8, 4) is 34.2 Å². The van der Waals surface area contributed by atoms with Gasteiger partial charge in [-0.2, -0.15) is 0 Å². The van der Waals surface area contributed by atoms with Crippen molar-refractivity contribution in [3.63, 3.8) is 0 Å². The average molecular weight is 749 g/mol. The molecule has 1 unspecified atom stereocenters. The van der Waals surface area contributed by atoms with E-state index in [-0.39, 0.29) is 42.6 Å². The van der Waals surface area contributed by atoms with E-state index < -0.39 is 23.8 Å². The zero-order valence-electron chi connectivity index (χ0n) is 31.3. The second kappa shape index (κ2) is 17.4. The monoisotopic (exact) mass is 748 g/mol. The van der Waals surface area contributed by atoms with Gasteiger partial charge in [-0.3, -0.25) is 39.3 Å². The molecule has 5 N–H and O–H groups in total. The van der Waals surface area contributed by atoms with Crippen LogP contribution in [0.4, 0.5) is 0 Å². The summed E-state index contributed by atoms with van der Waals surface area (Å²) in [6.07, 6.45) is 6.42. The molecule has 0 aliphatic carbocycles. The van der Waals surface area contributed by atoms with Crippen molar-refractivity contribution < 1.29 is 24.0 Å². The first-order valence-electron chi connectivity index (χ1n) is 18.0. The lowest BCUT2D eigenvalue weighted by atomic mass is 9.92. The average Bonchev–Trinajstić information content (AvgIpc) is 3.63. The van der Waals surface area contributed by atoms with E-state index in [1.807, 2.05) is 44.6 Å². The van der Waals surface area contributed by atoms with E-state index in [1.54, 1.807) is 36.7 Å². The highest BCUT2D eigenvalue weighted by Gasteiger charge is 2.28. The normalized spacial score (nSPS) is 13.6. The van der Waals surface area contributed by atoms with E-state index in [2.05, 4.69) is 74.0 Å². The zero-order chi connectivity index (χ0) is 39.8. The molecule has 4 aromatic heterocycles. The minimum atomic E-state index is -0.817. The van der Waals surface area contributed by atoms with Gasteiger partial charge in [-0.25, -0.2) is 4.98 Å². The molecule has 0 radical (unpaired) electrons. The Labute approximate surface area is 323 Å². The first kappa shape index (κ1) is 38.7. The summed E-state index contributed by atoms with van der Waals surface area (Å²) in [7, 11) is 3.75. The van der Waals surface area contributed by atoms with Gasteiger partial charge in [0, 0.05) is 52.4 Å². The van der Waals surface area contributed by atoms with Gasteiger partial charge in [0.05, 0.1) is 12.2 Å². The Morgan fingerprint density at radius 2 is 1.73 bits per heavy atom. The molecule has 0 bridgehead atoms. The first-order chi connectivity index (χ1) is 27.1. The fourth-order valence-corrected chi connectivity index (χ4v) is 6.29. The number of imide groups is 1. The predicted octanol–water partition coefficient (Wildman–Crippen LogP) is 4.93. The van der Waals surface area contributed by atoms with Crippen LogP contribution in [0.2, 0.25) is 0 Å². The fourth-order valence-electron chi connectivity index (χ4n) is 6.29. The van der Waals surface area contributed by atoms with E-state index >= 15 is 0 Å². The highest BCUT2D eigenvalue weighted by molar-refractivity contribution is 6.05. The van der Waals surface area contributed by atoms with E-state index in [4.69, 9.17) is 4.98 Å². The van der Waals surface area contributed by atoms with Gasteiger partial charge in [0.1, 0.15) is 23.1 Å². The number of aromatic nitrogens is 4. The maximum absolute atomic E-state index is 12.8. The number of nitrogens with one attached hydrogen (secondary N) is 5. The van der Waals surface area contributed by atoms with Crippen molar-refractivity contribution in [2.75, 3.05) is 20.6 Å². The Morgan fingerprint density at radius 1 is 0.929 bits per heavy atom. The van der Waals surface area contributed by atoms with Crippen molar-refractivity contribution in [3.05, 3.63) is 114 Å². The number of amides is 4. The summed E-state index contributed by atoms with van der Waals surface area (Å²) in [5.74, 6) is 4.00. The number of carbonyl (C=O) groups excluding carboxylic acids is 5. The lowest BCUT2D eigenvalue weighted by molar-refractivity contribution is -0.134. The van der Waals surface area contributed by atoms with Gasteiger partial charge in [-0.1, -0.05) is 44.0 Å². The van der Waals surface area contributed by atoms with Crippen LogP contribution in [0.15, 0.2) is 85.3 Å². The van der Waals surface area contributed by atoms with E-state index in [9.17, 15) is 24.0 Å². The van der Waals surface area contributed by atoms with Crippen molar-refractivity contribution in [1.29, 1.82) is 0 Å². The number of hydrogen-bond donors (Lipinski definition) is 5. The van der Waals surface area contributed by atoms with Crippen LogP contribution in [0, 0.1) is 11.8 Å². The Hall–Kier alpha value is -7.04. The summed E-state index contributed by atoms with van der Waals surface area (Å²) >= 11 is 0. The number of fused-ring (bicyclic) bond motifs is 2. The summed E-state index contributed by atoms with van der Waals surface area (Å²) < 4.78 is 0. The molecule has 6 aromatic rings. The first-order valence-corrected chi connectivity index (χ1v) is 18.0. The van der Waals surface area contributed by atoms with Crippen LogP contribution < -0.4 is 21.3 Å². The van der Waals surface area contributed by atoms with Crippen molar-refractivity contribution in [2.24, 2.45) is 0 Å². The molecule has 13 heteroatoms. The zero-order valence-corrected chi connectivity index (χ0v) is 31.3. The number of aromatic amines is 1. The lowest BCUT2D eigenvalue weighted by Crippen LogP contribution is -2.52. The number of benzene rings is 2.